The second-order valence-corrected chi connectivity index (χ2v) is 5.34. The van der Waals surface area contributed by atoms with Gasteiger partial charge in [-0.2, -0.15) is 26.3 Å². The number of benzene rings is 1. The summed E-state index contributed by atoms with van der Waals surface area (Å²) in [5.41, 5.74) is -3.43. The van der Waals surface area contributed by atoms with Crippen LogP contribution < -0.4 is 10.6 Å². The fourth-order valence-corrected chi connectivity index (χ4v) is 2.39. The highest BCUT2D eigenvalue weighted by Gasteiger charge is 2.37. The molecule has 0 spiro atoms. The summed E-state index contributed by atoms with van der Waals surface area (Å²) in [6.07, 6.45) is -8.26. The summed E-state index contributed by atoms with van der Waals surface area (Å²) in [7, 11) is 0. The van der Waals surface area contributed by atoms with E-state index >= 15 is 0 Å². The van der Waals surface area contributed by atoms with E-state index in [9.17, 15) is 31.1 Å². The van der Waals surface area contributed by atoms with E-state index in [0.717, 1.165) is 19.4 Å². The van der Waals surface area contributed by atoms with E-state index in [2.05, 4.69) is 10.6 Å². The van der Waals surface area contributed by atoms with Gasteiger partial charge in [0.2, 0.25) is 5.91 Å². The van der Waals surface area contributed by atoms with E-state index in [4.69, 9.17) is 0 Å². The van der Waals surface area contributed by atoms with Crippen LogP contribution in [0.3, 0.4) is 0 Å². The van der Waals surface area contributed by atoms with E-state index in [1.807, 2.05) is 0 Å². The number of carbonyl (C=O) groups is 1. The monoisotopic (exact) mass is 376 g/mol. The highest BCUT2D eigenvalue weighted by Crippen LogP contribution is 2.37. The Bertz CT molecular complexity index is 549. The largest absolute Gasteiger partial charge is 0.416 e. The van der Waals surface area contributed by atoms with E-state index in [0.29, 0.717) is 12.1 Å². The van der Waals surface area contributed by atoms with E-state index < -0.39 is 35.1 Å². The molecule has 1 heterocycles. The summed E-state index contributed by atoms with van der Waals surface area (Å²) in [4.78, 5) is 11.8. The van der Waals surface area contributed by atoms with Gasteiger partial charge >= 0.3 is 12.4 Å². The van der Waals surface area contributed by atoms with Crippen molar-refractivity contribution in [3.8, 4) is 0 Å². The molecule has 0 radical (unpaired) electrons. The number of anilines is 1. The zero-order chi connectivity index (χ0) is 17.3. The van der Waals surface area contributed by atoms with Gasteiger partial charge in [-0.15, -0.1) is 12.4 Å². The highest BCUT2D eigenvalue weighted by molar-refractivity contribution is 5.91. The molecule has 2 rings (SSSR count). The van der Waals surface area contributed by atoms with Gasteiger partial charge in [-0.1, -0.05) is 0 Å². The molecule has 1 aromatic rings. The minimum absolute atomic E-state index is 0. The van der Waals surface area contributed by atoms with Gasteiger partial charge in [-0.25, -0.2) is 0 Å². The van der Waals surface area contributed by atoms with Gasteiger partial charge in [0.25, 0.3) is 0 Å². The number of halogens is 7. The van der Waals surface area contributed by atoms with Gasteiger partial charge < -0.3 is 10.6 Å². The normalized spacial score (nSPS) is 18.2. The van der Waals surface area contributed by atoms with E-state index in [1.165, 1.54) is 0 Å². The first-order valence-electron chi connectivity index (χ1n) is 6.88. The fourth-order valence-electron chi connectivity index (χ4n) is 2.39. The summed E-state index contributed by atoms with van der Waals surface area (Å²) >= 11 is 0. The minimum Gasteiger partial charge on any atom is -0.326 e. The quantitative estimate of drug-likeness (QED) is 0.775. The summed E-state index contributed by atoms with van der Waals surface area (Å²) in [6, 6.07) is 0.904. The summed E-state index contributed by atoms with van der Waals surface area (Å²) < 4.78 is 76.3. The van der Waals surface area contributed by atoms with Crippen molar-refractivity contribution in [2.75, 3.05) is 11.9 Å². The Morgan fingerprint density at radius 2 is 1.62 bits per heavy atom. The number of hydrogen-bond donors (Lipinski definition) is 2. The molecule has 1 aliphatic heterocycles. The predicted molar refractivity (Wildman–Crippen MR) is 78.0 cm³/mol. The molecule has 1 saturated heterocycles. The van der Waals surface area contributed by atoms with Crippen LogP contribution in [0, 0.1) is 0 Å². The van der Waals surface area contributed by atoms with Crippen molar-refractivity contribution in [1.82, 2.24) is 5.32 Å². The van der Waals surface area contributed by atoms with Crippen molar-refractivity contribution in [1.29, 1.82) is 0 Å². The van der Waals surface area contributed by atoms with Crippen LogP contribution in [0.25, 0.3) is 0 Å². The topological polar surface area (TPSA) is 41.1 Å². The second kappa shape index (κ2) is 7.60. The third-order valence-corrected chi connectivity index (χ3v) is 3.47. The van der Waals surface area contributed by atoms with Crippen molar-refractivity contribution in [2.24, 2.45) is 0 Å². The molecule has 0 aliphatic carbocycles. The second-order valence-electron chi connectivity index (χ2n) is 5.34. The molecule has 1 aromatic carbocycles. The number of carbonyl (C=O) groups excluding carboxylic acids is 1. The van der Waals surface area contributed by atoms with Crippen molar-refractivity contribution in [3.05, 3.63) is 29.3 Å². The van der Waals surface area contributed by atoms with Crippen molar-refractivity contribution < 1.29 is 31.1 Å². The average molecular weight is 377 g/mol. The Hall–Kier alpha value is -1.48. The van der Waals surface area contributed by atoms with Gasteiger partial charge in [0.05, 0.1) is 11.1 Å². The highest BCUT2D eigenvalue weighted by atomic mass is 35.5. The Labute approximate surface area is 140 Å². The molecule has 0 bridgehead atoms. The van der Waals surface area contributed by atoms with Gasteiger partial charge in [-0.3, -0.25) is 4.79 Å². The maximum Gasteiger partial charge on any atom is 0.416 e. The summed E-state index contributed by atoms with van der Waals surface area (Å²) in [6.45, 7) is 0.736. The number of alkyl halides is 6. The lowest BCUT2D eigenvalue weighted by Crippen LogP contribution is -2.27. The first kappa shape index (κ1) is 20.6. The SMILES string of the molecule is Cl.O=C(CC1CCCN1)Nc1cc(C(F)(F)F)cc(C(F)(F)F)c1. The average Bonchev–Trinajstić information content (AvgIpc) is 2.88. The lowest BCUT2D eigenvalue weighted by Gasteiger charge is -2.15. The van der Waals surface area contributed by atoms with Crippen LogP contribution in [0.15, 0.2) is 18.2 Å². The van der Waals surface area contributed by atoms with E-state index in [-0.39, 0.29) is 30.9 Å². The molecule has 0 aromatic heterocycles. The van der Waals surface area contributed by atoms with Gasteiger partial charge in [0, 0.05) is 18.2 Å². The zero-order valence-electron chi connectivity index (χ0n) is 12.2. The lowest BCUT2D eigenvalue weighted by atomic mass is 10.1. The Morgan fingerprint density at radius 3 is 2.04 bits per heavy atom. The minimum atomic E-state index is -4.94. The number of rotatable bonds is 3. The van der Waals surface area contributed by atoms with Gasteiger partial charge in [0.15, 0.2) is 0 Å². The van der Waals surface area contributed by atoms with Crippen LogP contribution in [-0.2, 0) is 17.1 Å². The molecule has 1 atom stereocenters. The summed E-state index contributed by atoms with van der Waals surface area (Å²) in [5, 5.41) is 5.14. The standard InChI is InChI=1S/C14H14F6N2O.ClH/c15-13(16,17)8-4-9(14(18,19)20)6-11(5-8)22-12(23)7-10-2-1-3-21-10;/h4-6,10,21H,1-3,7H2,(H,22,23);1H. The van der Waals surface area contributed by atoms with Crippen LogP contribution >= 0.6 is 12.4 Å². The van der Waals surface area contributed by atoms with Crippen LogP contribution in [0.4, 0.5) is 32.0 Å². The molecule has 3 nitrogen and oxygen atoms in total. The van der Waals surface area contributed by atoms with Crippen LogP contribution in [0.1, 0.15) is 30.4 Å². The molecule has 0 saturated carbocycles. The maximum atomic E-state index is 12.7. The van der Waals surface area contributed by atoms with Crippen LogP contribution in [0.2, 0.25) is 0 Å². The van der Waals surface area contributed by atoms with Crippen molar-refractivity contribution in [2.45, 2.75) is 37.7 Å². The van der Waals surface area contributed by atoms with Crippen molar-refractivity contribution in [3.63, 3.8) is 0 Å². The van der Waals surface area contributed by atoms with Gasteiger partial charge in [0.1, 0.15) is 0 Å². The Kier molecular flexibility index (Phi) is 6.52. The molecular formula is C14H15ClF6N2O. The van der Waals surface area contributed by atoms with E-state index in [1.54, 1.807) is 0 Å². The van der Waals surface area contributed by atoms with Gasteiger partial charge in [-0.05, 0) is 37.6 Å². The third kappa shape index (κ3) is 5.55. The zero-order valence-corrected chi connectivity index (χ0v) is 13.0. The molecule has 1 fully saturated rings. The number of nitrogens with one attached hydrogen (secondary N) is 2. The third-order valence-electron chi connectivity index (χ3n) is 3.47. The van der Waals surface area contributed by atoms with Crippen LogP contribution in [-0.4, -0.2) is 18.5 Å². The Morgan fingerprint density at radius 1 is 1.08 bits per heavy atom. The molecule has 10 heteroatoms. The molecule has 1 amide bonds. The maximum absolute atomic E-state index is 12.7. The molecule has 24 heavy (non-hydrogen) atoms. The molecular weight excluding hydrogens is 362 g/mol. The van der Waals surface area contributed by atoms with Crippen molar-refractivity contribution >= 4 is 24.0 Å². The van der Waals surface area contributed by atoms with Crippen LogP contribution in [0.5, 0.6) is 0 Å². The predicted octanol–water partition coefficient (Wildman–Crippen LogP) is 4.23. The fraction of sp³-hybridized carbons (Fsp3) is 0.500. The molecule has 1 aliphatic rings. The molecule has 1 unspecified atom stereocenters. The molecule has 2 N–H and O–H groups in total. The number of amides is 1. The first-order chi connectivity index (χ1) is 10.6. The molecule has 136 valence electrons. The summed E-state index contributed by atoms with van der Waals surface area (Å²) in [5.74, 6) is -0.628. The number of hydrogen-bond acceptors (Lipinski definition) is 2. The smallest absolute Gasteiger partial charge is 0.326 e. The first-order valence-corrected chi connectivity index (χ1v) is 6.88. The lowest BCUT2D eigenvalue weighted by molar-refractivity contribution is -0.143. The Balaban J connectivity index is 0.00000288.